The van der Waals surface area contributed by atoms with Crippen LogP contribution in [0.3, 0.4) is 0 Å². The third-order valence-electron chi connectivity index (χ3n) is 5.34. The van der Waals surface area contributed by atoms with Crippen molar-refractivity contribution in [3.8, 4) is 22.3 Å². The lowest BCUT2D eigenvalue weighted by molar-refractivity contribution is 1.29. The molecule has 0 unspecified atom stereocenters. The number of nitrogens with zero attached hydrogens (tertiary/aromatic N) is 1. The van der Waals surface area contributed by atoms with E-state index in [2.05, 4.69) is 83.3 Å². The molecule has 1 heterocycles. The van der Waals surface area contributed by atoms with Gasteiger partial charge < -0.3 is 0 Å². The molecule has 0 amide bonds. The SMILES string of the molecule is Cc1cc(C)c(-c2cccc3c2N=CCc2cc(C)cc(C)c2-3)c(C)c1. The molecule has 4 rings (SSSR count). The van der Waals surface area contributed by atoms with Crippen LogP contribution in [0.5, 0.6) is 0 Å². The fraction of sp³-hybridized carbons (Fsp3) is 0.240. The number of hydrogen-bond donors (Lipinski definition) is 0. The summed E-state index contributed by atoms with van der Waals surface area (Å²) in [7, 11) is 0. The van der Waals surface area contributed by atoms with Gasteiger partial charge in [-0.05, 0) is 68.0 Å². The summed E-state index contributed by atoms with van der Waals surface area (Å²) in [6, 6.07) is 15.7. The zero-order valence-corrected chi connectivity index (χ0v) is 16.3. The van der Waals surface area contributed by atoms with Crippen molar-refractivity contribution in [2.24, 2.45) is 4.99 Å². The number of rotatable bonds is 1. The van der Waals surface area contributed by atoms with Crippen LogP contribution >= 0.6 is 0 Å². The number of fused-ring (bicyclic) bond motifs is 3. The number of aliphatic imine (C=N–C) groups is 1. The third-order valence-corrected chi connectivity index (χ3v) is 5.34. The van der Waals surface area contributed by atoms with Crippen molar-refractivity contribution in [1.82, 2.24) is 0 Å². The van der Waals surface area contributed by atoms with Crippen LogP contribution in [0.2, 0.25) is 0 Å². The number of aryl methyl sites for hydroxylation is 5. The lowest BCUT2D eigenvalue weighted by Crippen LogP contribution is -1.95. The highest BCUT2D eigenvalue weighted by Crippen LogP contribution is 2.44. The van der Waals surface area contributed by atoms with Crippen molar-refractivity contribution in [2.45, 2.75) is 41.0 Å². The molecule has 0 radical (unpaired) electrons. The van der Waals surface area contributed by atoms with Crippen molar-refractivity contribution in [3.05, 3.63) is 75.8 Å². The van der Waals surface area contributed by atoms with E-state index in [0.29, 0.717) is 0 Å². The van der Waals surface area contributed by atoms with Crippen LogP contribution in [-0.4, -0.2) is 6.21 Å². The summed E-state index contributed by atoms with van der Waals surface area (Å²) in [6.07, 6.45) is 2.96. The average Bonchev–Trinajstić information content (AvgIpc) is 2.73. The van der Waals surface area contributed by atoms with Crippen molar-refractivity contribution < 1.29 is 0 Å². The predicted octanol–water partition coefficient (Wildman–Crippen LogP) is 6.82. The molecule has 1 aliphatic heterocycles. The molecule has 0 saturated heterocycles. The molecule has 1 nitrogen and oxygen atoms in total. The maximum absolute atomic E-state index is 4.93. The number of benzene rings is 3. The van der Waals surface area contributed by atoms with E-state index in [9.17, 15) is 0 Å². The summed E-state index contributed by atoms with van der Waals surface area (Å²) in [5, 5.41) is 0. The van der Waals surface area contributed by atoms with Crippen LogP contribution in [0.4, 0.5) is 5.69 Å². The second-order valence-corrected chi connectivity index (χ2v) is 7.61. The molecule has 26 heavy (non-hydrogen) atoms. The summed E-state index contributed by atoms with van der Waals surface area (Å²) < 4.78 is 0. The summed E-state index contributed by atoms with van der Waals surface area (Å²) in [5.41, 5.74) is 14.2. The fourth-order valence-corrected chi connectivity index (χ4v) is 4.53. The summed E-state index contributed by atoms with van der Waals surface area (Å²) in [5.74, 6) is 0. The van der Waals surface area contributed by atoms with Gasteiger partial charge in [0.2, 0.25) is 0 Å². The second kappa shape index (κ2) is 6.25. The van der Waals surface area contributed by atoms with Gasteiger partial charge in [0.05, 0.1) is 5.69 Å². The molecule has 0 N–H and O–H groups in total. The first-order chi connectivity index (χ1) is 12.5. The molecule has 3 aromatic carbocycles. The van der Waals surface area contributed by atoms with E-state index in [4.69, 9.17) is 4.99 Å². The van der Waals surface area contributed by atoms with E-state index in [-0.39, 0.29) is 0 Å². The van der Waals surface area contributed by atoms with Crippen LogP contribution in [0, 0.1) is 34.6 Å². The Morgan fingerprint density at radius 3 is 1.88 bits per heavy atom. The Hall–Kier alpha value is -2.67. The maximum Gasteiger partial charge on any atom is 0.0782 e. The Morgan fingerprint density at radius 1 is 0.692 bits per heavy atom. The molecule has 0 atom stereocenters. The Bertz CT molecular complexity index is 1030. The number of para-hydroxylation sites is 1. The zero-order valence-electron chi connectivity index (χ0n) is 16.3. The van der Waals surface area contributed by atoms with E-state index in [1.54, 1.807) is 0 Å². The second-order valence-electron chi connectivity index (χ2n) is 7.61. The van der Waals surface area contributed by atoms with Gasteiger partial charge in [0.25, 0.3) is 0 Å². The van der Waals surface area contributed by atoms with Crippen molar-refractivity contribution in [3.63, 3.8) is 0 Å². The van der Waals surface area contributed by atoms with Gasteiger partial charge in [-0.25, -0.2) is 0 Å². The minimum atomic E-state index is 0.887. The van der Waals surface area contributed by atoms with E-state index in [1.807, 2.05) is 0 Å². The Morgan fingerprint density at radius 2 is 1.23 bits per heavy atom. The van der Waals surface area contributed by atoms with Gasteiger partial charge in [-0.15, -0.1) is 0 Å². The van der Waals surface area contributed by atoms with Gasteiger partial charge in [-0.1, -0.05) is 53.6 Å². The summed E-state index contributed by atoms with van der Waals surface area (Å²) in [6.45, 7) is 11.0. The van der Waals surface area contributed by atoms with Crippen molar-refractivity contribution in [2.75, 3.05) is 0 Å². The molecule has 0 saturated carbocycles. The number of hydrogen-bond acceptors (Lipinski definition) is 1. The van der Waals surface area contributed by atoms with E-state index >= 15 is 0 Å². The minimum absolute atomic E-state index is 0.887. The van der Waals surface area contributed by atoms with Crippen LogP contribution in [0.25, 0.3) is 22.3 Å². The topological polar surface area (TPSA) is 12.4 Å². The van der Waals surface area contributed by atoms with Crippen molar-refractivity contribution in [1.29, 1.82) is 0 Å². The van der Waals surface area contributed by atoms with Crippen molar-refractivity contribution >= 4 is 11.9 Å². The van der Waals surface area contributed by atoms with Gasteiger partial charge in [-0.3, -0.25) is 4.99 Å². The predicted molar refractivity (Wildman–Crippen MR) is 113 cm³/mol. The average molecular weight is 339 g/mol. The highest BCUT2D eigenvalue weighted by atomic mass is 14.7. The standard InChI is InChI=1S/C25H25N/c1-15-11-17(3)23(18(4)12-15)21-7-6-8-22-24-19(5)13-16(2)14-20(24)9-10-26-25(21)22/h6-8,10-14H,9H2,1-5H3. The van der Waals surface area contributed by atoms with E-state index in [1.165, 1.54) is 55.6 Å². The first-order valence-corrected chi connectivity index (χ1v) is 9.30. The smallest absolute Gasteiger partial charge is 0.0782 e. The van der Waals surface area contributed by atoms with E-state index < -0.39 is 0 Å². The van der Waals surface area contributed by atoms with Crippen LogP contribution in [0.15, 0.2) is 47.5 Å². The highest BCUT2D eigenvalue weighted by Gasteiger charge is 2.19. The quantitative estimate of drug-likeness (QED) is 0.461. The lowest BCUT2D eigenvalue weighted by Gasteiger charge is -2.18. The Balaban J connectivity index is 2.04. The first-order valence-electron chi connectivity index (χ1n) is 9.30. The molecule has 3 aromatic rings. The van der Waals surface area contributed by atoms with Gasteiger partial charge >= 0.3 is 0 Å². The molecule has 0 spiro atoms. The molecule has 1 heteroatoms. The largest absolute Gasteiger partial charge is 0.260 e. The normalized spacial score (nSPS) is 12.5. The molecule has 130 valence electrons. The highest BCUT2D eigenvalue weighted by molar-refractivity contribution is 5.96. The summed E-state index contributed by atoms with van der Waals surface area (Å²) in [4.78, 5) is 4.93. The van der Waals surface area contributed by atoms with Gasteiger partial charge in [-0.2, -0.15) is 0 Å². The van der Waals surface area contributed by atoms with E-state index in [0.717, 1.165) is 12.1 Å². The molecule has 0 aliphatic carbocycles. The molecule has 1 aliphatic rings. The molecule has 0 fully saturated rings. The third kappa shape index (κ3) is 2.68. The minimum Gasteiger partial charge on any atom is -0.260 e. The molecule has 0 aromatic heterocycles. The fourth-order valence-electron chi connectivity index (χ4n) is 4.53. The zero-order chi connectivity index (χ0) is 18.4. The monoisotopic (exact) mass is 339 g/mol. The molecular weight excluding hydrogens is 314 g/mol. The van der Waals surface area contributed by atoms with Crippen LogP contribution < -0.4 is 0 Å². The molecular formula is C25H25N. The van der Waals surface area contributed by atoms with Gasteiger partial charge in [0.1, 0.15) is 0 Å². The lowest BCUT2D eigenvalue weighted by atomic mass is 9.87. The summed E-state index contributed by atoms with van der Waals surface area (Å²) >= 11 is 0. The Kier molecular flexibility index (Phi) is 4.03. The van der Waals surface area contributed by atoms with Gasteiger partial charge in [0.15, 0.2) is 0 Å². The maximum atomic E-state index is 4.93. The van der Waals surface area contributed by atoms with Gasteiger partial charge in [0, 0.05) is 23.8 Å². The van der Waals surface area contributed by atoms with Crippen LogP contribution in [0.1, 0.15) is 33.4 Å². The van der Waals surface area contributed by atoms with Crippen LogP contribution in [-0.2, 0) is 6.42 Å². The first kappa shape index (κ1) is 16.8. The molecule has 0 bridgehead atoms. The Labute approximate surface area is 156 Å².